The molecule has 15 heavy (non-hydrogen) atoms. The molecule has 1 N–H and O–H groups in total. The lowest BCUT2D eigenvalue weighted by molar-refractivity contribution is -0.132. The van der Waals surface area contributed by atoms with Crippen molar-refractivity contribution < 1.29 is 14.6 Å². The predicted octanol–water partition coefficient (Wildman–Crippen LogP) is 3.00. The summed E-state index contributed by atoms with van der Waals surface area (Å²) in [6.07, 6.45) is 6.93. The number of hydrogen-bond donors (Lipinski definition) is 1. The summed E-state index contributed by atoms with van der Waals surface area (Å²) in [7, 11) is 0. The van der Waals surface area contributed by atoms with Crippen LogP contribution in [-0.2, 0) is 9.53 Å². The van der Waals surface area contributed by atoms with Crippen LogP contribution in [0.15, 0.2) is 11.6 Å². The first-order valence-electron chi connectivity index (χ1n) is 5.66. The molecule has 0 saturated heterocycles. The summed E-state index contributed by atoms with van der Waals surface area (Å²) in [4.78, 5) is 10.4. The van der Waals surface area contributed by atoms with Crippen molar-refractivity contribution in [2.75, 3.05) is 13.2 Å². The Morgan fingerprint density at radius 3 is 2.60 bits per heavy atom. The quantitative estimate of drug-likeness (QED) is 0.474. The minimum atomic E-state index is -0.818. The molecular formula is C12H22O3. The van der Waals surface area contributed by atoms with E-state index < -0.39 is 5.97 Å². The first kappa shape index (κ1) is 14.2. The first-order chi connectivity index (χ1) is 7.18. The van der Waals surface area contributed by atoms with Crippen molar-refractivity contribution in [2.24, 2.45) is 0 Å². The second kappa shape index (κ2) is 9.71. The second-order valence-corrected chi connectivity index (χ2v) is 3.65. The molecule has 0 heterocycles. The lowest BCUT2D eigenvalue weighted by Gasteiger charge is -2.01. The summed E-state index contributed by atoms with van der Waals surface area (Å²) in [5.41, 5.74) is 0.442. The van der Waals surface area contributed by atoms with Crippen LogP contribution in [0.4, 0.5) is 0 Å². The molecule has 0 aliphatic rings. The van der Waals surface area contributed by atoms with Gasteiger partial charge in [-0.1, -0.05) is 19.4 Å². The molecule has 0 saturated carbocycles. The van der Waals surface area contributed by atoms with Gasteiger partial charge in [0.1, 0.15) is 0 Å². The van der Waals surface area contributed by atoms with Crippen LogP contribution in [0.3, 0.4) is 0 Å². The molecule has 3 heteroatoms. The van der Waals surface area contributed by atoms with Gasteiger partial charge in [0.15, 0.2) is 0 Å². The van der Waals surface area contributed by atoms with Crippen LogP contribution in [0.1, 0.15) is 46.0 Å². The number of allylic oxidation sites excluding steroid dienone is 1. The Kier molecular flexibility index (Phi) is 9.18. The van der Waals surface area contributed by atoms with Gasteiger partial charge in [0, 0.05) is 18.8 Å². The molecule has 0 fully saturated rings. The highest BCUT2D eigenvalue weighted by Crippen LogP contribution is 2.04. The number of carboxylic acid groups (broad SMARTS) is 1. The van der Waals surface area contributed by atoms with Gasteiger partial charge in [-0.3, -0.25) is 0 Å². The zero-order valence-corrected chi connectivity index (χ0v) is 9.79. The van der Waals surface area contributed by atoms with E-state index in [4.69, 9.17) is 9.84 Å². The zero-order valence-electron chi connectivity index (χ0n) is 9.79. The average Bonchev–Trinajstić information content (AvgIpc) is 2.21. The van der Waals surface area contributed by atoms with Crippen LogP contribution < -0.4 is 0 Å². The van der Waals surface area contributed by atoms with Crippen LogP contribution in [-0.4, -0.2) is 24.3 Å². The van der Waals surface area contributed by atoms with Crippen molar-refractivity contribution in [2.45, 2.75) is 46.0 Å². The summed E-state index contributed by atoms with van der Waals surface area (Å²) in [6.45, 7) is 5.40. The number of hydrogen-bond acceptors (Lipinski definition) is 2. The van der Waals surface area contributed by atoms with Crippen LogP contribution in [0.2, 0.25) is 0 Å². The van der Waals surface area contributed by atoms with E-state index in [2.05, 4.69) is 6.92 Å². The highest BCUT2D eigenvalue weighted by molar-refractivity contribution is 5.85. The standard InChI is InChI=1S/C12H22O3/c1-3-9-15-10-7-5-4-6-8-11(2)12(13)14/h8H,3-7,9-10H2,1-2H3,(H,13,14). The topological polar surface area (TPSA) is 46.5 Å². The van der Waals surface area contributed by atoms with Gasteiger partial charge in [-0.25, -0.2) is 4.79 Å². The van der Waals surface area contributed by atoms with Gasteiger partial charge in [0.05, 0.1) is 0 Å². The molecule has 0 aromatic rings. The average molecular weight is 214 g/mol. The number of aliphatic carboxylic acids is 1. The van der Waals surface area contributed by atoms with Gasteiger partial charge in [-0.15, -0.1) is 0 Å². The third kappa shape index (κ3) is 9.47. The van der Waals surface area contributed by atoms with Gasteiger partial charge >= 0.3 is 5.97 Å². The Bertz CT molecular complexity index is 197. The molecule has 0 radical (unpaired) electrons. The number of carbonyl (C=O) groups is 1. The molecule has 0 unspecified atom stereocenters. The maximum atomic E-state index is 10.4. The van der Waals surface area contributed by atoms with E-state index in [-0.39, 0.29) is 0 Å². The molecule has 0 rings (SSSR count). The Labute approximate surface area is 92.1 Å². The van der Waals surface area contributed by atoms with Gasteiger partial charge in [0.2, 0.25) is 0 Å². The van der Waals surface area contributed by atoms with Crippen molar-refractivity contribution in [1.29, 1.82) is 0 Å². The van der Waals surface area contributed by atoms with Crippen molar-refractivity contribution in [1.82, 2.24) is 0 Å². The fourth-order valence-electron chi connectivity index (χ4n) is 1.18. The third-order valence-corrected chi connectivity index (χ3v) is 2.13. The Morgan fingerprint density at radius 2 is 2.00 bits per heavy atom. The molecule has 0 aromatic heterocycles. The van der Waals surface area contributed by atoms with Gasteiger partial charge in [0.25, 0.3) is 0 Å². The Morgan fingerprint density at radius 1 is 1.27 bits per heavy atom. The molecule has 0 bridgehead atoms. The molecule has 3 nitrogen and oxygen atoms in total. The van der Waals surface area contributed by atoms with Gasteiger partial charge < -0.3 is 9.84 Å². The normalized spacial score (nSPS) is 11.7. The first-order valence-corrected chi connectivity index (χ1v) is 5.66. The predicted molar refractivity (Wildman–Crippen MR) is 61.0 cm³/mol. The van der Waals surface area contributed by atoms with E-state index in [1.807, 2.05) is 0 Å². The summed E-state index contributed by atoms with van der Waals surface area (Å²) in [5.74, 6) is -0.818. The van der Waals surface area contributed by atoms with Crippen molar-refractivity contribution >= 4 is 5.97 Å². The summed E-state index contributed by atoms with van der Waals surface area (Å²) >= 11 is 0. The number of ether oxygens (including phenoxy) is 1. The van der Waals surface area contributed by atoms with E-state index in [0.717, 1.165) is 45.3 Å². The smallest absolute Gasteiger partial charge is 0.330 e. The second-order valence-electron chi connectivity index (χ2n) is 3.65. The molecule has 0 amide bonds. The number of rotatable bonds is 9. The summed E-state index contributed by atoms with van der Waals surface area (Å²) in [5, 5.41) is 8.59. The fourth-order valence-corrected chi connectivity index (χ4v) is 1.18. The maximum absolute atomic E-state index is 10.4. The van der Waals surface area contributed by atoms with E-state index >= 15 is 0 Å². The van der Waals surface area contributed by atoms with E-state index in [0.29, 0.717) is 5.57 Å². The van der Waals surface area contributed by atoms with E-state index in [1.54, 1.807) is 13.0 Å². The fraction of sp³-hybridized carbons (Fsp3) is 0.750. The molecule has 0 aromatic carbocycles. The Hall–Kier alpha value is -0.830. The van der Waals surface area contributed by atoms with E-state index in [9.17, 15) is 4.79 Å². The van der Waals surface area contributed by atoms with Crippen LogP contribution in [0, 0.1) is 0 Å². The molecule has 0 atom stereocenters. The lowest BCUT2D eigenvalue weighted by Crippen LogP contribution is -1.96. The van der Waals surface area contributed by atoms with Crippen LogP contribution >= 0.6 is 0 Å². The zero-order chi connectivity index (χ0) is 11.5. The minimum absolute atomic E-state index is 0.442. The Balaban J connectivity index is 3.25. The molecular weight excluding hydrogens is 192 g/mol. The molecule has 0 aliphatic carbocycles. The number of unbranched alkanes of at least 4 members (excludes halogenated alkanes) is 3. The minimum Gasteiger partial charge on any atom is -0.478 e. The molecule has 0 aliphatic heterocycles. The maximum Gasteiger partial charge on any atom is 0.330 e. The largest absolute Gasteiger partial charge is 0.478 e. The third-order valence-electron chi connectivity index (χ3n) is 2.13. The van der Waals surface area contributed by atoms with Gasteiger partial charge in [-0.05, 0) is 32.6 Å². The number of carboxylic acids is 1. The van der Waals surface area contributed by atoms with Gasteiger partial charge in [-0.2, -0.15) is 0 Å². The van der Waals surface area contributed by atoms with Crippen molar-refractivity contribution in [3.63, 3.8) is 0 Å². The van der Waals surface area contributed by atoms with Crippen molar-refractivity contribution in [3.05, 3.63) is 11.6 Å². The SMILES string of the molecule is CCCOCCCCCC=C(C)C(=O)O. The van der Waals surface area contributed by atoms with E-state index in [1.165, 1.54) is 0 Å². The molecule has 88 valence electrons. The highest BCUT2D eigenvalue weighted by Gasteiger charge is 1.97. The monoisotopic (exact) mass is 214 g/mol. The lowest BCUT2D eigenvalue weighted by atomic mass is 10.1. The molecule has 0 spiro atoms. The van der Waals surface area contributed by atoms with Crippen molar-refractivity contribution in [3.8, 4) is 0 Å². The highest BCUT2D eigenvalue weighted by atomic mass is 16.5. The van der Waals surface area contributed by atoms with Crippen LogP contribution in [0.25, 0.3) is 0 Å². The summed E-state index contributed by atoms with van der Waals surface area (Å²) < 4.78 is 5.34. The summed E-state index contributed by atoms with van der Waals surface area (Å²) in [6, 6.07) is 0. The van der Waals surface area contributed by atoms with Crippen LogP contribution in [0.5, 0.6) is 0 Å².